The summed E-state index contributed by atoms with van der Waals surface area (Å²) in [5, 5.41) is 7.12. The Kier molecular flexibility index (Phi) is 6.18. The molecule has 21 heavy (non-hydrogen) atoms. The number of hydrogen-bond acceptors (Lipinski definition) is 6. The topological polar surface area (TPSA) is 69.4 Å². The fourth-order valence-electron chi connectivity index (χ4n) is 1.75. The molecule has 2 aromatic rings. The van der Waals surface area contributed by atoms with Gasteiger partial charge < -0.3 is 19.3 Å². The molecule has 6 nitrogen and oxygen atoms in total. The molecule has 0 aliphatic carbocycles. The Hall–Kier alpha value is -1.92. The first-order valence-electron chi connectivity index (χ1n) is 7.04. The highest BCUT2D eigenvalue weighted by molar-refractivity contribution is 5.27. The van der Waals surface area contributed by atoms with E-state index in [1.807, 2.05) is 31.2 Å². The highest BCUT2D eigenvalue weighted by Gasteiger charge is 2.05. The Morgan fingerprint density at radius 3 is 2.71 bits per heavy atom. The Morgan fingerprint density at radius 1 is 1.24 bits per heavy atom. The molecule has 0 atom stereocenters. The van der Waals surface area contributed by atoms with E-state index >= 15 is 0 Å². The molecule has 2 rings (SSSR count). The number of aryl methyl sites for hydroxylation is 1. The minimum Gasteiger partial charge on any atom is -0.484 e. The quantitative estimate of drug-likeness (QED) is 0.712. The predicted octanol–water partition coefficient (Wildman–Crippen LogP) is 1.95. The molecule has 0 fully saturated rings. The first kappa shape index (κ1) is 15.5. The molecular formula is C15H21N3O3. The van der Waals surface area contributed by atoms with Gasteiger partial charge in [-0.05, 0) is 17.7 Å². The van der Waals surface area contributed by atoms with Crippen LogP contribution in [0.5, 0.6) is 5.75 Å². The standard InChI is InChI=1S/C15H21N3O3/c1-3-14-17-15(21-18-14)11-20-13-6-4-12(5-7-13)10-16-8-9-19-2/h4-7,16H,3,8-11H2,1-2H3. The molecule has 0 saturated carbocycles. The lowest BCUT2D eigenvalue weighted by molar-refractivity contribution is 0.199. The van der Waals surface area contributed by atoms with Gasteiger partial charge in [0.2, 0.25) is 0 Å². The zero-order valence-corrected chi connectivity index (χ0v) is 12.5. The molecule has 114 valence electrons. The largest absolute Gasteiger partial charge is 0.484 e. The third kappa shape index (κ3) is 5.17. The van der Waals surface area contributed by atoms with Crippen molar-refractivity contribution in [1.29, 1.82) is 0 Å². The van der Waals surface area contributed by atoms with Crippen LogP contribution in [0.15, 0.2) is 28.8 Å². The maximum atomic E-state index is 5.61. The molecule has 1 aromatic heterocycles. The van der Waals surface area contributed by atoms with E-state index in [1.54, 1.807) is 7.11 Å². The van der Waals surface area contributed by atoms with Gasteiger partial charge >= 0.3 is 0 Å². The van der Waals surface area contributed by atoms with Crippen LogP contribution in [-0.2, 0) is 24.3 Å². The average molecular weight is 291 g/mol. The lowest BCUT2D eigenvalue weighted by atomic mass is 10.2. The van der Waals surface area contributed by atoms with E-state index in [0.717, 1.165) is 25.3 Å². The van der Waals surface area contributed by atoms with E-state index < -0.39 is 0 Å². The third-order valence-corrected chi connectivity index (χ3v) is 2.92. The summed E-state index contributed by atoms with van der Waals surface area (Å²) in [4.78, 5) is 4.19. The normalized spacial score (nSPS) is 10.8. The second kappa shape index (κ2) is 8.39. The second-order valence-corrected chi connectivity index (χ2v) is 4.56. The van der Waals surface area contributed by atoms with Gasteiger partial charge in [-0.25, -0.2) is 0 Å². The van der Waals surface area contributed by atoms with E-state index in [0.29, 0.717) is 24.9 Å². The van der Waals surface area contributed by atoms with Crippen molar-refractivity contribution in [3.05, 3.63) is 41.5 Å². The number of rotatable bonds is 9. The van der Waals surface area contributed by atoms with Gasteiger partial charge in [0.15, 0.2) is 12.4 Å². The summed E-state index contributed by atoms with van der Waals surface area (Å²) in [5.41, 5.74) is 1.20. The Balaban J connectivity index is 1.76. The van der Waals surface area contributed by atoms with Gasteiger partial charge in [-0.1, -0.05) is 24.2 Å². The maximum absolute atomic E-state index is 5.61. The lowest BCUT2D eigenvalue weighted by Gasteiger charge is -2.06. The van der Waals surface area contributed by atoms with Crippen LogP contribution in [0.3, 0.4) is 0 Å². The zero-order chi connectivity index (χ0) is 14.9. The first-order chi connectivity index (χ1) is 10.3. The number of ether oxygens (including phenoxy) is 2. The molecule has 0 saturated heterocycles. The van der Waals surface area contributed by atoms with Crippen LogP contribution < -0.4 is 10.1 Å². The summed E-state index contributed by atoms with van der Waals surface area (Å²) in [6.45, 7) is 4.64. The summed E-state index contributed by atoms with van der Waals surface area (Å²) in [6.07, 6.45) is 0.758. The van der Waals surface area contributed by atoms with Gasteiger partial charge in [0.05, 0.1) is 6.61 Å². The fourth-order valence-corrected chi connectivity index (χ4v) is 1.75. The van der Waals surface area contributed by atoms with E-state index in [4.69, 9.17) is 14.0 Å². The SMILES string of the molecule is CCc1noc(COc2ccc(CNCCOC)cc2)n1. The summed E-state index contributed by atoms with van der Waals surface area (Å²) < 4.78 is 15.7. The summed E-state index contributed by atoms with van der Waals surface area (Å²) in [7, 11) is 1.70. The molecule has 0 unspecified atom stereocenters. The van der Waals surface area contributed by atoms with Crippen LogP contribution in [-0.4, -0.2) is 30.4 Å². The van der Waals surface area contributed by atoms with Crippen molar-refractivity contribution in [2.75, 3.05) is 20.3 Å². The lowest BCUT2D eigenvalue weighted by Crippen LogP contribution is -2.18. The van der Waals surface area contributed by atoms with Gasteiger partial charge in [0, 0.05) is 26.6 Å². The number of aromatic nitrogens is 2. The third-order valence-electron chi connectivity index (χ3n) is 2.92. The van der Waals surface area contributed by atoms with Gasteiger partial charge in [0.1, 0.15) is 5.75 Å². The van der Waals surface area contributed by atoms with Crippen molar-refractivity contribution in [1.82, 2.24) is 15.5 Å². The highest BCUT2D eigenvalue weighted by atomic mass is 16.5. The maximum Gasteiger partial charge on any atom is 0.264 e. The second-order valence-electron chi connectivity index (χ2n) is 4.56. The van der Waals surface area contributed by atoms with E-state index in [1.165, 1.54) is 5.56 Å². The van der Waals surface area contributed by atoms with E-state index in [9.17, 15) is 0 Å². The molecular weight excluding hydrogens is 270 g/mol. The van der Waals surface area contributed by atoms with Crippen LogP contribution in [0.4, 0.5) is 0 Å². The number of benzene rings is 1. The molecule has 6 heteroatoms. The molecule has 0 radical (unpaired) electrons. The zero-order valence-electron chi connectivity index (χ0n) is 12.5. The smallest absolute Gasteiger partial charge is 0.264 e. The molecule has 0 amide bonds. The molecule has 0 aliphatic heterocycles. The summed E-state index contributed by atoms with van der Waals surface area (Å²) in [6, 6.07) is 7.93. The number of methoxy groups -OCH3 is 1. The van der Waals surface area contributed by atoms with Gasteiger partial charge in [0.25, 0.3) is 5.89 Å². The first-order valence-corrected chi connectivity index (χ1v) is 7.04. The minimum atomic E-state index is 0.290. The molecule has 0 aliphatic rings. The number of hydrogen-bond donors (Lipinski definition) is 1. The monoisotopic (exact) mass is 291 g/mol. The van der Waals surface area contributed by atoms with Crippen LogP contribution in [0.2, 0.25) is 0 Å². The van der Waals surface area contributed by atoms with E-state index in [2.05, 4.69) is 15.5 Å². The number of nitrogens with one attached hydrogen (secondary N) is 1. The molecule has 0 spiro atoms. The van der Waals surface area contributed by atoms with Crippen molar-refractivity contribution in [3.63, 3.8) is 0 Å². The van der Waals surface area contributed by atoms with Crippen LogP contribution in [0.25, 0.3) is 0 Å². The van der Waals surface area contributed by atoms with Gasteiger partial charge in [-0.2, -0.15) is 4.98 Å². The van der Waals surface area contributed by atoms with Crippen molar-refractivity contribution >= 4 is 0 Å². The van der Waals surface area contributed by atoms with Gasteiger partial charge in [-0.15, -0.1) is 0 Å². The highest BCUT2D eigenvalue weighted by Crippen LogP contribution is 2.13. The predicted molar refractivity (Wildman–Crippen MR) is 78.0 cm³/mol. The van der Waals surface area contributed by atoms with Crippen LogP contribution in [0.1, 0.15) is 24.2 Å². The molecule has 0 bridgehead atoms. The average Bonchev–Trinajstić information content (AvgIpc) is 2.99. The molecule has 1 aromatic carbocycles. The minimum absolute atomic E-state index is 0.290. The van der Waals surface area contributed by atoms with Crippen LogP contribution >= 0.6 is 0 Å². The number of nitrogens with zero attached hydrogens (tertiary/aromatic N) is 2. The van der Waals surface area contributed by atoms with Gasteiger partial charge in [-0.3, -0.25) is 0 Å². The van der Waals surface area contributed by atoms with Crippen molar-refractivity contribution < 1.29 is 14.0 Å². The molecule has 1 heterocycles. The van der Waals surface area contributed by atoms with E-state index in [-0.39, 0.29) is 0 Å². The summed E-state index contributed by atoms with van der Waals surface area (Å²) in [5.74, 6) is 1.98. The molecule has 1 N–H and O–H groups in total. The fraction of sp³-hybridized carbons (Fsp3) is 0.467. The van der Waals surface area contributed by atoms with Crippen molar-refractivity contribution in [2.24, 2.45) is 0 Å². The Labute approximate surface area is 124 Å². The van der Waals surface area contributed by atoms with Crippen LogP contribution in [0, 0.1) is 0 Å². The Morgan fingerprint density at radius 2 is 2.05 bits per heavy atom. The Bertz CT molecular complexity index is 525. The summed E-state index contributed by atoms with van der Waals surface area (Å²) >= 11 is 0. The van der Waals surface area contributed by atoms with Crippen molar-refractivity contribution in [3.8, 4) is 5.75 Å². The van der Waals surface area contributed by atoms with Crippen molar-refractivity contribution in [2.45, 2.75) is 26.5 Å².